The number of hydrogen-bond acceptors (Lipinski definition) is 6. The highest BCUT2D eigenvalue weighted by Gasteiger charge is 2.23. The summed E-state index contributed by atoms with van der Waals surface area (Å²) in [5, 5.41) is 0. The molecule has 318 valence electrons. The Kier molecular flexibility index (Phi) is 24.6. The lowest BCUT2D eigenvalue weighted by Crippen LogP contribution is -2.03. The Balaban J connectivity index is 0.000000963. The van der Waals surface area contributed by atoms with Gasteiger partial charge in [-0.05, 0) is 90.5 Å². The first kappa shape index (κ1) is 50.5. The van der Waals surface area contributed by atoms with E-state index in [1.165, 1.54) is 0 Å². The molecule has 6 nitrogen and oxygen atoms in total. The Morgan fingerprint density at radius 1 is 0.593 bits per heavy atom. The van der Waals surface area contributed by atoms with E-state index in [1.807, 2.05) is 142 Å². The SMILES string of the molecule is C=CCC/C=C/C(C)C.CC.C\C(=C/C=C\C=C\c1ccccc1OP(O)Oc1ccccc1C(C)C)OP(Oc1ccccc1C(C)C)Oc1ccccc1C(C)C. The molecule has 4 aromatic rings. The molecule has 59 heavy (non-hydrogen) atoms. The lowest BCUT2D eigenvalue weighted by atomic mass is 10.0. The Bertz CT molecular complexity index is 1860. The zero-order valence-corrected chi connectivity index (χ0v) is 39.0. The van der Waals surface area contributed by atoms with Crippen LogP contribution in [0.4, 0.5) is 0 Å². The average molecular weight is 839 g/mol. The van der Waals surface area contributed by atoms with Crippen LogP contribution < -0.4 is 18.1 Å². The molecule has 0 saturated heterocycles. The Hall–Kier alpha value is -4.60. The minimum Gasteiger partial charge on any atom is -0.418 e. The molecule has 4 aromatic carbocycles. The minimum absolute atomic E-state index is 0.255. The highest BCUT2D eigenvalue weighted by Crippen LogP contribution is 2.47. The van der Waals surface area contributed by atoms with Gasteiger partial charge in [0.2, 0.25) is 0 Å². The molecule has 0 spiro atoms. The van der Waals surface area contributed by atoms with Crippen molar-refractivity contribution in [1.82, 2.24) is 0 Å². The molecule has 0 heterocycles. The molecule has 0 aliphatic heterocycles. The summed E-state index contributed by atoms with van der Waals surface area (Å²) in [5.74, 6) is 4.78. The maximum Gasteiger partial charge on any atom is 0.529 e. The predicted molar refractivity (Wildman–Crippen MR) is 254 cm³/mol. The molecule has 4 rings (SSSR count). The molecule has 0 aliphatic carbocycles. The molecular weight excluding hydrogens is 771 g/mol. The number of para-hydroxylation sites is 4. The van der Waals surface area contributed by atoms with Gasteiger partial charge in [-0.25, -0.2) is 0 Å². The van der Waals surface area contributed by atoms with E-state index < -0.39 is 17.2 Å². The van der Waals surface area contributed by atoms with E-state index in [4.69, 9.17) is 22.6 Å². The molecule has 1 unspecified atom stereocenters. The maximum absolute atomic E-state index is 10.6. The van der Waals surface area contributed by atoms with Crippen LogP contribution in [0, 0.1) is 5.92 Å². The standard InChI is InChI=1S/C40H46O6P2.C9H16.C2H6/c1-29(2)34-22-12-16-26-38(34)44-47(41)43-37-25-15-11-21-33(37)20-10-8-9-19-32(7)42-48(45-39-27-17-13-23-35(39)30(3)4)46-40-28-18-14-24-36(40)31(5)6;1-4-5-6-7-8-9(2)3;1-2/h8-31,41H,1-7H3;4,7-9H,1,5-6H2,2-3H3;1-2H3/b9-8-,20-10+,32-19+;8-7+;. The number of hydrogen-bond donors (Lipinski definition) is 1. The largest absolute Gasteiger partial charge is 0.529 e. The molecule has 0 saturated carbocycles. The summed E-state index contributed by atoms with van der Waals surface area (Å²) in [6, 6.07) is 31.2. The monoisotopic (exact) mass is 838 g/mol. The van der Waals surface area contributed by atoms with Gasteiger partial charge in [-0.15, -0.1) is 6.58 Å². The van der Waals surface area contributed by atoms with Crippen LogP contribution >= 0.6 is 17.2 Å². The van der Waals surface area contributed by atoms with Crippen molar-refractivity contribution in [2.45, 2.75) is 107 Å². The predicted octanol–water partition coefficient (Wildman–Crippen LogP) is 16.8. The van der Waals surface area contributed by atoms with E-state index in [2.05, 4.69) is 86.3 Å². The summed E-state index contributed by atoms with van der Waals surface area (Å²) >= 11 is 0. The average Bonchev–Trinajstić information content (AvgIpc) is 3.21. The molecule has 0 radical (unpaired) electrons. The summed E-state index contributed by atoms with van der Waals surface area (Å²) in [6.45, 7) is 26.6. The van der Waals surface area contributed by atoms with Crippen LogP contribution in [-0.2, 0) is 4.52 Å². The summed E-state index contributed by atoms with van der Waals surface area (Å²) in [5.41, 5.74) is 4.00. The fourth-order valence-electron chi connectivity index (χ4n) is 5.37. The molecular formula is C51H68O6P2. The molecule has 0 aromatic heterocycles. The van der Waals surface area contributed by atoms with E-state index >= 15 is 0 Å². The van der Waals surface area contributed by atoms with Crippen LogP contribution in [-0.4, -0.2) is 4.89 Å². The Labute approximate surface area is 359 Å². The summed E-state index contributed by atoms with van der Waals surface area (Å²) < 4.78 is 30.7. The van der Waals surface area contributed by atoms with Crippen molar-refractivity contribution in [2.24, 2.45) is 5.92 Å². The van der Waals surface area contributed by atoms with Crippen LogP contribution in [0.3, 0.4) is 0 Å². The van der Waals surface area contributed by atoms with Crippen molar-refractivity contribution < 1.29 is 27.5 Å². The number of rotatable bonds is 20. The molecule has 1 N–H and O–H groups in total. The third kappa shape index (κ3) is 19.3. The van der Waals surface area contributed by atoms with Crippen molar-refractivity contribution in [2.75, 3.05) is 0 Å². The molecule has 0 aliphatic rings. The number of unbranched alkanes of at least 4 members (excludes halogenated alkanes) is 1. The first-order chi connectivity index (χ1) is 28.4. The molecule has 0 amide bonds. The molecule has 0 bridgehead atoms. The van der Waals surface area contributed by atoms with Crippen molar-refractivity contribution in [3.63, 3.8) is 0 Å². The molecule has 0 fully saturated rings. The quantitative estimate of drug-likeness (QED) is 0.0314. The number of benzene rings is 4. The summed E-state index contributed by atoms with van der Waals surface area (Å²) in [6.07, 6.45) is 18.1. The van der Waals surface area contributed by atoms with Gasteiger partial charge in [0.25, 0.3) is 0 Å². The van der Waals surface area contributed by atoms with E-state index in [-0.39, 0.29) is 17.8 Å². The highest BCUT2D eigenvalue weighted by molar-refractivity contribution is 7.42. The zero-order valence-electron chi connectivity index (χ0n) is 37.2. The van der Waals surface area contributed by atoms with Crippen LogP contribution in [0.2, 0.25) is 0 Å². The van der Waals surface area contributed by atoms with E-state index in [0.717, 1.165) is 46.6 Å². The van der Waals surface area contributed by atoms with Gasteiger partial charge in [0, 0.05) is 5.56 Å². The third-order valence-electron chi connectivity index (χ3n) is 8.35. The summed E-state index contributed by atoms with van der Waals surface area (Å²) in [4.78, 5) is 10.6. The van der Waals surface area contributed by atoms with E-state index in [9.17, 15) is 4.89 Å². The van der Waals surface area contributed by atoms with Crippen LogP contribution in [0.1, 0.15) is 129 Å². The fraction of sp³-hybridized carbons (Fsp3) is 0.333. The Morgan fingerprint density at radius 3 is 1.51 bits per heavy atom. The topological polar surface area (TPSA) is 66.4 Å². The first-order valence-electron chi connectivity index (χ1n) is 20.7. The lowest BCUT2D eigenvalue weighted by Gasteiger charge is -2.22. The highest BCUT2D eigenvalue weighted by atomic mass is 31.2. The summed E-state index contributed by atoms with van der Waals surface area (Å²) in [7, 11) is -3.98. The van der Waals surface area contributed by atoms with Gasteiger partial charge in [0.15, 0.2) is 0 Å². The second-order valence-corrected chi connectivity index (χ2v) is 16.4. The molecule has 8 heteroatoms. The number of allylic oxidation sites excluding steroid dienone is 8. The van der Waals surface area contributed by atoms with Gasteiger partial charge >= 0.3 is 17.2 Å². The second kappa shape index (κ2) is 28.8. The van der Waals surface area contributed by atoms with E-state index in [0.29, 0.717) is 23.2 Å². The maximum atomic E-state index is 10.6. The van der Waals surface area contributed by atoms with Crippen molar-refractivity contribution in [3.8, 4) is 23.0 Å². The fourth-order valence-corrected chi connectivity index (χ4v) is 7.14. The van der Waals surface area contributed by atoms with Crippen molar-refractivity contribution >= 4 is 23.3 Å². The van der Waals surface area contributed by atoms with Gasteiger partial charge in [-0.1, -0.05) is 185 Å². The first-order valence-corrected chi connectivity index (χ1v) is 23.0. The van der Waals surface area contributed by atoms with Crippen LogP contribution in [0.5, 0.6) is 23.0 Å². The van der Waals surface area contributed by atoms with Gasteiger partial charge in [-0.2, -0.15) is 0 Å². The minimum atomic E-state index is -2.18. The van der Waals surface area contributed by atoms with Gasteiger partial charge in [0.05, 0.1) is 0 Å². The normalized spacial score (nSPS) is 12.2. The van der Waals surface area contributed by atoms with Gasteiger partial charge in [-0.3, -0.25) is 0 Å². The van der Waals surface area contributed by atoms with Gasteiger partial charge < -0.3 is 27.5 Å². The van der Waals surface area contributed by atoms with E-state index in [1.54, 1.807) is 0 Å². The lowest BCUT2D eigenvalue weighted by molar-refractivity contribution is 0.329. The van der Waals surface area contributed by atoms with Crippen LogP contribution in [0.25, 0.3) is 6.08 Å². The van der Waals surface area contributed by atoms with Crippen molar-refractivity contribution in [1.29, 1.82) is 0 Å². The van der Waals surface area contributed by atoms with Gasteiger partial charge in [0.1, 0.15) is 28.8 Å². The Morgan fingerprint density at radius 2 is 1.03 bits per heavy atom. The third-order valence-corrected chi connectivity index (χ3v) is 10.2. The smallest absolute Gasteiger partial charge is 0.418 e. The zero-order chi connectivity index (χ0) is 43.6. The molecule has 1 atom stereocenters. The van der Waals surface area contributed by atoms with Crippen LogP contribution in [0.15, 0.2) is 152 Å². The second-order valence-electron chi connectivity index (χ2n) is 14.6. The van der Waals surface area contributed by atoms with Crippen molar-refractivity contribution in [3.05, 3.63) is 174 Å².